The second kappa shape index (κ2) is 2.21. The van der Waals surface area contributed by atoms with Crippen molar-refractivity contribution in [1.82, 2.24) is 0 Å². The SMILES string of the molecule is BrC1(Br)[C@@H]2[C@H]1[C@@H]1CCC3CC[C@@H]2C31. The molecule has 0 nitrogen and oxygen atoms in total. The first kappa shape index (κ1) is 8.15. The lowest BCUT2D eigenvalue weighted by Crippen LogP contribution is -2.19. The van der Waals surface area contributed by atoms with Gasteiger partial charge in [-0.25, -0.2) is 0 Å². The van der Waals surface area contributed by atoms with Gasteiger partial charge >= 0.3 is 0 Å². The molecule has 0 radical (unpaired) electrons. The molecule has 0 saturated heterocycles. The van der Waals surface area contributed by atoms with Crippen molar-refractivity contribution in [2.45, 2.75) is 28.9 Å². The highest BCUT2D eigenvalue weighted by Gasteiger charge is 2.76. The molecule has 0 aromatic carbocycles. The molecule has 0 aromatic heterocycles. The van der Waals surface area contributed by atoms with Gasteiger partial charge in [0.2, 0.25) is 0 Å². The van der Waals surface area contributed by atoms with Gasteiger partial charge in [0.05, 0.1) is 3.23 Å². The maximum absolute atomic E-state index is 3.88. The number of fused-ring (bicyclic) bond motifs is 3. The monoisotopic (exact) mass is 304 g/mol. The van der Waals surface area contributed by atoms with Gasteiger partial charge in [0, 0.05) is 0 Å². The van der Waals surface area contributed by atoms with Gasteiger partial charge in [-0.2, -0.15) is 0 Å². The van der Waals surface area contributed by atoms with E-state index in [1.165, 1.54) is 12.8 Å². The van der Waals surface area contributed by atoms with Crippen molar-refractivity contribution in [3.63, 3.8) is 0 Å². The second-order valence-corrected chi connectivity index (χ2v) is 9.23. The molecule has 4 aliphatic rings. The van der Waals surface area contributed by atoms with Crippen LogP contribution in [0.2, 0.25) is 0 Å². The van der Waals surface area contributed by atoms with Crippen molar-refractivity contribution in [2.24, 2.45) is 35.5 Å². The number of rotatable bonds is 0. The Balaban J connectivity index is 1.77. The lowest BCUT2D eigenvalue weighted by Gasteiger charge is -2.22. The molecule has 0 bridgehead atoms. The van der Waals surface area contributed by atoms with Gasteiger partial charge in [-0.3, -0.25) is 0 Å². The molecular weight excluding hydrogens is 292 g/mol. The van der Waals surface area contributed by atoms with E-state index in [-0.39, 0.29) is 0 Å². The van der Waals surface area contributed by atoms with Crippen molar-refractivity contribution in [1.29, 1.82) is 0 Å². The topological polar surface area (TPSA) is 0 Å². The quantitative estimate of drug-likeness (QED) is 0.597. The largest absolute Gasteiger partial charge is 0.0874 e. The summed E-state index contributed by atoms with van der Waals surface area (Å²) in [6, 6.07) is 0. The summed E-state index contributed by atoms with van der Waals surface area (Å²) in [4.78, 5) is 0. The van der Waals surface area contributed by atoms with E-state index >= 15 is 0 Å². The molecule has 0 aliphatic heterocycles. The molecular formula is C11H14Br2. The molecule has 0 heterocycles. The van der Waals surface area contributed by atoms with Crippen LogP contribution >= 0.6 is 31.9 Å². The number of hydrogen-bond donors (Lipinski definition) is 0. The van der Waals surface area contributed by atoms with E-state index in [4.69, 9.17) is 0 Å². The zero-order valence-electron chi connectivity index (χ0n) is 7.55. The Labute approximate surface area is 96.1 Å². The molecule has 4 saturated carbocycles. The van der Waals surface area contributed by atoms with Gasteiger partial charge in [-0.15, -0.1) is 0 Å². The maximum Gasteiger partial charge on any atom is 0.0874 e. The minimum absolute atomic E-state index is 0.380. The molecule has 4 aliphatic carbocycles. The summed E-state index contributed by atoms with van der Waals surface area (Å²) in [5.74, 6) is 6.44. The third-order valence-corrected chi connectivity index (χ3v) is 7.48. The molecule has 4 fully saturated rings. The van der Waals surface area contributed by atoms with Gasteiger partial charge in [0.15, 0.2) is 0 Å². The Morgan fingerprint density at radius 2 is 1.38 bits per heavy atom. The van der Waals surface area contributed by atoms with Crippen molar-refractivity contribution in [3.8, 4) is 0 Å². The first-order chi connectivity index (χ1) is 6.21. The molecule has 72 valence electrons. The van der Waals surface area contributed by atoms with Crippen LogP contribution in [0.3, 0.4) is 0 Å². The van der Waals surface area contributed by atoms with E-state index in [1.807, 2.05) is 0 Å². The number of alkyl halides is 2. The summed E-state index contributed by atoms with van der Waals surface area (Å²) < 4.78 is 0.380. The van der Waals surface area contributed by atoms with Crippen molar-refractivity contribution < 1.29 is 0 Å². The van der Waals surface area contributed by atoms with E-state index in [1.54, 1.807) is 12.8 Å². The molecule has 0 spiro atoms. The van der Waals surface area contributed by atoms with E-state index in [0.29, 0.717) is 3.23 Å². The van der Waals surface area contributed by atoms with Gasteiger partial charge in [0.1, 0.15) is 0 Å². The molecule has 2 heteroatoms. The summed E-state index contributed by atoms with van der Waals surface area (Å²) in [6.07, 6.45) is 6.16. The highest BCUT2D eigenvalue weighted by molar-refractivity contribution is 9.25. The van der Waals surface area contributed by atoms with Crippen LogP contribution in [0, 0.1) is 35.5 Å². The fraction of sp³-hybridized carbons (Fsp3) is 1.00. The predicted octanol–water partition coefficient (Wildman–Crippen LogP) is 3.78. The van der Waals surface area contributed by atoms with Crippen LogP contribution in [0.15, 0.2) is 0 Å². The van der Waals surface area contributed by atoms with Gasteiger partial charge in [0.25, 0.3) is 0 Å². The molecule has 6 atom stereocenters. The van der Waals surface area contributed by atoms with E-state index in [9.17, 15) is 0 Å². The smallest absolute Gasteiger partial charge is 0.0721 e. The van der Waals surface area contributed by atoms with Crippen LogP contribution in [-0.2, 0) is 0 Å². The van der Waals surface area contributed by atoms with Crippen molar-refractivity contribution in [3.05, 3.63) is 0 Å². The lowest BCUT2D eigenvalue weighted by atomic mass is 9.87. The zero-order valence-corrected chi connectivity index (χ0v) is 10.7. The standard InChI is InChI=1S/C11H14Br2/c12-11(13)9-6-3-1-5-2-4-7(8(5)6)10(9)11/h5-10H,1-4H2/t5?,6-,7-,8?,9-,10+/m1/s1. The highest BCUT2D eigenvalue weighted by atomic mass is 79.9. The summed E-state index contributed by atoms with van der Waals surface area (Å²) in [5.41, 5.74) is 0. The minimum Gasteiger partial charge on any atom is -0.0721 e. The van der Waals surface area contributed by atoms with Gasteiger partial charge in [-0.1, -0.05) is 31.9 Å². The first-order valence-corrected chi connectivity index (χ1v) is 7.17. The van der Waals surface area contributed by atoms with Crippen LogP contribution in [0.25, 0.3) is 0 Å². The van der Waals surface area contributed by atoms with Crippen molar-refractivity contribution >= 4 is 31.9 Å². The molecule has 2 unspecified atom stereocenters. The summed E-state index contributed by atoms with van der Waals surface area (Å²) in [6.45, 7) is 0. The van der Waals surface area contributed by atoms with Gasteiger partial charge < -0.3 is 0 Å². The highest BCUT2D eigenvalue weighted by Crippen LogP contribution is 2.80. The normalized spacial score (nSPS) is 65.1. The van der Waals surface area contributed by atoms with Crippen LogP contribution in [0.4, 0.5) is 0 Å². The third kappa shape index (κ3) is 0.770. The Kier molecular flexibility index (Phi) is 1.39. The zero-order chi connectivity index (χ0) is 8.79. The third-order valence-electron chi connectivity index (χ3n) is 5.36. The second-order valence-electron chi connectivity index (χ2n) is 5.55. The van der Waals surface area contributed by atoms with Crippen LogP contribution in [-0.4, -0.2) is 3.23 Å². The molecule has 0 aromatic rings. The first-order valence-electron chi connectivity index (χ1n) is 5.59. The Morgan fingerprint density at radius 3 is 1.92 bits per heavy atom. The number of halogens is 2. The van der Waals surface area contributed by atoms with E-state index in [0.717, 1.165) is 35.5 Å². The Bertz CT molecular complexity index is 249. The Hall–Kier alpha value is 0.960. The van der Waals surface area contributed by atoms with Crippen LogP contribution in [0.5, 0.6) is 0 Å². The summed E-state index contributed by atoms with van der Waals surface area (Å²) in [5, 5.41) is 0. The molecule has 0 amide bonds. The lowest BCUT2D eigenvalue weighted by molar-refractivity contribution is 0.303. The fourth-order valence-electron chi connectivity index (χ4n) is 5.06. The summed E-state index contributed by atoms with van der Waals surface area (Å²) in [7, 11) is 0. The van der Waals surface area contributed by atoms with E-state index in [2.05, 4.69) is 31.9 Å². The van der Waals surface area contributed by atoms with E-state index < -0.39 is 0 Å². The van der Waals surface area contributed by atoms with Crippen LogP contribution in [0.1, 0.15) is 25.7 Å². The molecule has 0 N–H and O–H groups in total. The van der Waals surface area contributed by atoms with Gasteiger partial charge in [-0.05, 0) is 61.2 Å². The minimum atomic E-state index is 0.380. The predicted molar refractivity (Wildman–Crippen MR) is 60.0 cm³/mol. The average Bonchev–Trinajstić information content (AvgIpc) is 2.56. The molecule has 4 rings (SSSR count). The molecule has 13 heavy (non-hydrogen) atoms. The average molecular weight is 306 g/mol. The van der Waals surface area contributed by atoms with Crippen LogP contribution < -0.4 is 0 Å². The Morgan fingerprint density at radius 1 is 0.846 bits per heavy atom. The fourth-order valence-corrected chi connectivity index (χ4v) is 7.29. The number of hydrogen-bond acceptors (Lipinski definition) is 0. The summed E-state index contributed by atoms with van der Waals surface area (Å²) >= 11 is 7.76. The van der Waals surface area contributed by atoms with Crippen molar-refractivity contribution in [2.75, 3.05) is 0 Å². The maximum atomic E-state index is 3.88.